The van der Waals surface area contributed by atoms with Crippen molar-refractivity contribution in [2.75, 3.05) is 19.0 Å². The average molecular weight is 335 g/mol. The molecule has 0 radical (unpaired) electrons. The Labute approximate surface area is 147 Å². The summed E-state index contributed by atoms with van der Waals surface area (Å²) in [5.41, 5.74) is 2.73. The molecule has 0 fully saturated rings. The molecule has 0 aliphatic rings. The molecule has 0 aliphatic heterocycles. The summed E-state index contributed by atoms with van der Waals surface area (Å²) in [6.45, 7) is 2.55. The molecular weight excluding hydrogens is 314 g/mol. The van der Waals surface area contributed by atoms with Gasteiger partial charge in [-0.05, 0) is 36.6 Å². The highest BCUT2D eigenvalue weighted by Crippen LogP contribution is 2.25. The van der Waals surface area contributed by atoms with Crippen LogP contribution in [0.2, 0.25) is 0 Å². The first-order valence-electron chi connectivity index (χ1n) is 7.97. The maximum Gasteiger partial charge on any atom is 0.267 e. The number of carbonyl (C=O) groups excluding carboxylic acids is 1. The molecular formula is C20H21N3O2. The molecule has 128 valence electrons. The molecule has 5 nitrogen and oxygen atoms in total. The highest BCUT2D eigenvalue weighted by molar-refractivity contribution is 6.07. The molecule has 0 saturated heterocycles. The van der Waals surface area contributed by atoms with Crippen LogP contribution in [0, 0.1) is 18.3 Å². The van der Waals surface area contributed by atoms with Crippen molar-refractivity contribution in [1.82, 2.24) is 5.32 Å². The molecule has 0 atom stereocenters. The Balaban J connectivity index is 1.96. The first-order chi connectivity index (χ1) is 12.1. The van der Waals surface area contributed by atoms with Crippen molar-refractivity contribution in [2.24, 2.45) is 0 Å². The van der Waals surface area contributed by atoms with Crippen LogP contribution in [0.1, 0.15) is 11.1 Å². The van der Waals surface area contributed by atoms with Crippen molar-refractivity contribution in [3.63, 3.8) is 0 Å². The van der Waals surface area contributed by atoms with E-state index in [0.29, 0.717) is 18.0 Å². The van der Waals surface area contributed by atoms with Crippen molar-refractivity contribution in [3.05, 3.63) is 71.4 Å². The zero-order valence-electron chi connectivity index (χ0n) is 14.4. The van der Waals surface area contributed by atoms with Gasteiger partial charge in [-0.3, -0.25) is 4.79 Å². The number of anilines is 1. The smallest absolute Gasteiger partial charge is 0.267 e. The first-order valence-corrected chi connectivity index (χ1v) is 7.97. The van der Waals surface area contributed by atoms with Gasteiger partial charge in [-0.25, -0.2) is 0 Å². The maximum absolute atomic E-state index is 12.3. The monoisotopic (exact) mass is 335 g/mol. The molecule has 25 heavy (non-hydrogen) atoms. The van der Waals surface area contributed by atoms with Gasteiger partial charge in [0.2, 0.25) is 0 Å². The van der Waals surface area contributed by atoms with E-state index in [-0.39, 0.29) is 5.57 Å². The summed E-state index contributed by atoms with van der Waals surface area (Å²) in [7, 11) is 1.53. The quantitative estimate of drug-likeness (QED) is 0.463. The van der Waals surface area contributed by atoms with E-state index in [1.807, 2.05) is 49.4 Å². The predicted molar refractivity (Wildman–Crippen MR) is 98.2 cm³/mol. The summed E-state index contributed by atoms with van der Waals surface area (Å²) in [5.74, 6) is 0.0758. The Hall–Kier alpha value is -3.26. The van der Waals surface area contributed by atoms with Crippen LogP contribution in [0.5, 0.6) is 5.75 Å². The maximum atomic E-state index is 12.3. The lowest BCUT2D eigenvalue weighted by Gasteiger charge is -2.10. The van der Waals surface area contributed by atoms with Crippen LogP contribution in [0.4, 0.5) is 5.69 Å². The molecule has 0 heterocycles. The van der Waals surface area contributed by atoms with Crippen molar-refractivity contribution in [1.29, 1.82) is 5.26 Å². The number of methoxy groups -OCH3 is 1. The predicted octanol–water partition coefficient (Wildman–Crippen LogP) is 3.18. The van der Waals surface area contributed by atoms with E-state index < -0.39 is 5.91 Å². The number of amides is 1. The number of hydrogen-bond donors (Lipinski definition) is 2. The summed E-state index contributed by atoms with van der Waals surface area (Å²) in [5, 5.41) is 15.0. The van der Waals surface area contributed by atoms with Crippen LogP contribution >= 0.6 is 0 Å². The van der Waals surface area contributed by atoms with Gasteiger partial charge in [-0.15, -0.1) is 0 Å². The van der Waals surface area contributed by atoms with Crippen LogP contribution in [-0.2, 0) is 11.2 Å². The molecule has 0 bridgehead atoms. The number of hydrogen-bond acceptors (Lipinski definition) is 4. The lowest BCUT2D eigenvalue weighted by atomic mass is 10.1. The summed E-state index contributed by atoms with van der Waals surface area (Å²) < 4.78 is 5.23. The molecule has 0 aliphatic carbocycles. The van der Waals surface area contributed by atoms with E-state index in [4.69, 9.17) is 4.74 Å². The fourth-order valence-electron chi connectivity index (χ4n) is 2.29. The second kappa shape index (κ2) is 9.14. The molecule has 2 rings (SSSR count). The van der Waals surface area contributed by atoms with Gasteiger partial charge in [0.05, 0.1) is 12.8 Å². The molecule has 2 N–H and O–H groups in total. The van der Waals surface area contributed by atoms with Crippen molar-refractivity contribution >= 4 is 11.6 Å². The number of ether oxygens (including phenoxy) is 1. The van der Waals surface area contributed by atoms with Gasteiger partial charge in [0, 0.05) is 12.7 Å². The van der Waals surface area contributed by atoms with Crippen molar-refractivity contribution in [2.45, 2.75) is 13.3 Å². The Morgan fingerprint density at radius 3 is 2.68 bits per heavy atom. The minimum Gasteiger partial charge on any atom is -0.495 e. The third kappa shape index (κ3) is 5.40. The fourth-order valence-corrected chi connectivity index (χ4v) is 2.29. The van der Waals surface area contributed by atoms with Gasteiger partial charge in [0.25, 0.3) is 5.91 Å². The second-order valence-corrected chi connectivity index (χ2v) is 5.52. The largest absolute Gasteiger partial charge is 0.495 e. The number of benzene rings is 2. The lowest BCUT2D eigenvalue weighted by molar-refractivity contribution is -0.112. The van der Waals surface area contributed by atoms with Crippen LogP contribution in [0.3, 0.4) is 0 Å². The zero-order valence-corrected chi connectivity index (χ0v) is 14.4. The van der Waals surface area contributed by atoms with E-state index in [2.05, 4.69) is 10.6 Å². The second-order valence-electron chi connectivity index (χ2n) is 5.52. The van der Waals surface area contributed by atoms with Crippen LogP contribution in [-0.4, -0.2) is 19.6 Å². The van der Waals surface area contributed by atoms with Gasteiger partial charge < -0.3 is 15.4 Å². The minimum absolute atomic E-state index is 0.0108. The summed E-state index contributed by atoms with van der Waals surface area (Å²) in [4.78, 5) is 12.3. The normalized spacial score (nSPS) is 10.7. The van der Waals surface area contributed by atoms with Crippen molar-refractivity contribution < 1.29 is 9.53 Å². The number of nitrogens with one attached hydrogen (secondary N) is 2. The topological polar surface area (TPSA) is 74.1 Å². The number of aryl methyl sites for hydroxylation is 1. The molecule has 0 saturated carbocycles. The minimum atomic E-state index is -0.474. The number of carbonyl (C=O) groups is 1. The van der Waals surface area contributed by atoms with E-state index in [0.717, 1.165) is 12.0 Å². The molecule has 0 aromatic heterocycles. The lowest BCUT2D eigenvalue weighted by Crippen LogP contribution is -2.18. The van der Waals surface area contributed by atoms with Crippen LogP contribution in [0.15, 0.2) is 60.3 Å². The Bertz CT molecular complexity index is 792. The van der Waals surface area contributed by atoms with Gasteiger partial charge >= 0.3 is 0 Å². The number of rotatable bonds is 7. The summed E-state index contributed by atoms with van der Waals surface area (Å²) in [6.07, 6.45) is 2.25. The molecule has 0 spiro atoms. The van der Waals surface area contributed by atoms with E-state index in [1.165, 1.54) is 18.9 Å². The van der Waals surface area contributed by atoms with E-state index in [1.54, 1.807) is 12.1 Å². The summed E-state index contributed by atoms with van der Waals surface area (Å²) >= 11 is 0. The highest BCUT2D eigenvalue weighted by Gasteiger charge is 2.12. The van der Waals surface area contributed by atoms with Crippen molar-refractivity contribution in [3.8, 4) is 11.8 Å². The number of nitrogens with zero attached hydrogens (tertiary/aromatic N) is 1. The molecule has 2 aromatic rings. The molecule has 0 unspecified atom stereocenters. The Morgan fingerprint density at radius 2 is 2.00 bits per heavy atom. The third-order valence-electron chi connectivity index (χ3n) is 3.62. The van der Waals surface area contributed by atoms with Crippen LogP contribution in [0.25, 0.3) is 0 Å². The average Bonchev–Trinajstić information content (AvgIpc) is 2.63. The SMILES string of the molecule is COc1ccc(C)cc1NC(=O)/C(C#N)=C\NCCc1ccccc1. The van der Waals surface area contributed by atoms with Gasteiger partial charge in [0.15, 0.2) is 0 Å². The Kier molecular flexibility index (Phi) is 6.61. The van der Waals surface area contributed by atoms with E-state index in [9.17, 15) is 10.1 Å². The van der Waals surface area contributed by atoms with Gasteiger partial charge in [-0.1, -0.05) is 36.4 Å². The molecule has 1 amide bonds. The van der Waals surface area contributed by atoms with Gasteiger partial charge in [-0.2, -0.15) is 5.26 Å². The van der Waals surface area contributed by atoms with E-state index >= 15 is 0 Å². The fraction of sp³-hybridized carbons (Fsp3) is 0.200. The third-order valence-corrected chi connectivity index (χ3v) is 3.62. The Morgan fingerprint density at radius 1 is 1.24 bits per heavy atom. The highest BCUT2D eigenvalue weighted by atomic mass is 16.5. The van der Waals surface area contributed by atoms with Crippen LogP contribution < -0.4 is 15.4 Å². The first kappa shape index (κ1) is 18.1. The van der Waals surface area contributed by atoms with Gasteiger partial charge in [0.1, 0.15) is 17.4 Å². The summed E-state index contributed by atoms with van der Waals surface area (Å²) in [6, 6.07) is 17.4. The molecule has 2 aromatic carbocycles. The zero-order chi connectivity index (χ0) is 18.1. The molecule has 5 heteroatoms. The number of nitriles is 1. The standard InChI is InChI=1S/C20H21N3O2/c1-15-8-9-19(25-2)18(12-15)23-20(24)17(13-21)14-22-11-10-16-6-4-3-5-7-16/h3-9,12,14,22H,10-11H2,1-2H3,(H,23,24)/b17-14-.